The Kier molecular flexibility index (Phi) is 6.48. The van der Waals surface area contributed by atoms with Gasteiger partial charge in [-0.2, -0.15) is 0 Å². The van der Waals surface area contributed by atoms with E-state index < -0.39 is 5.54 Å². The summed E-state index contributed by atoms with van der Waals surface area (Å²) in [5.74, 6) is -0.0375. The van der Waals surface area contributed by atoms with E-state index in [9.17, 15) is 4.79 Å². The van der Waals surface area contributed by atoms with Crippen LogP contribution in [0.5, 0.6) is 0 Å². The van der Waals surface area contributed by atoms with Crippen LogP contribution in [0, 0.1) is 0 Å². The maximum atomic E-state index is 13.8. The number of para-hydroxylation sites is 1. The van der Waals surface area contributed by atoms with Crippen LogP contribution >= 0.6 is 0 Å². The fraction of sp³-hybridized carbons (Fsp3) is 0.107. The van der Waals surface area contributed by atoms with Crippen LogP contribution < -0.4 is 4.90 Å². The van der Waals surface area contributed by atoms with Crippen molar-refractivity contribution in [1.29, 1.82) is 0 Å². The van der Waals surface area contributed by atoms with Crippen LogP contribution in [0.1, 0.15) is 29.8 Å². The van der Waals surface area contributed by atoms with E-state index >= 15 is 0 Å². The first-order chi connectivity index (χ1) is 14.7. The van der Waals surface area contributed by atoms with Gasteiger partial charge in [0.25, 0.3) is 5.91 Å². The molecular formula is C28H27NO. The van der Waals surface area contributed by atoms with Crippen LogP contribution in [0.4, 0.5) is 5.69 Å². The monoisotopic (exact) mass is 393 g/mol. The van der Waals surface area contributed by atoms with E-state index in [1.165, 1.54) is 0 Å². The molecule has 0 aliphatic carbocycles. The number of benzene rings is 2. The Hall–Kier alpha value is -3.65. The zero-order valence-electron chi connectivity index (χ0n) is 17.6. The van der Waals surface area contributed by atoms with Gasteiger partial charge < -0.3 is 0 Å². The summed E-state index contributed by atoms with van der Waals surface area (Å²) in [6.45, 7) is 12.0. The quantitative estimate of drug-likeness (QED) is 0.468. The standard InChI is InChI=1S/C28H27NO/c1-5-9-17-22(8-4)28(23(15-6-2)16-7-3)26-21-14-13-20-25(26)27(30)29(28)24-18-11-10-12-19-24/h5-21H,2,4H2,1,3H3/b9-5-,16-7-,22-17+,23-15+. The lowest BCUT2D eigenvalue weighted by Crippen LogP contribution is -2.46. The first kappa shape index (κ1) is 21.1. The fourth-order valence-corrected chi connectivity index (χ4v) is 4.14. The van der Waals surface area contributed by atoms with Gasteiger partial charge in [-0.25, -0.2) is 0 Å². The van der Waals surface area contributed by atoms with Crippen molar-refractivity contribution in [3.05, 3.63) is 139 Å². The molecule has 1 heterocycles. The van der Waals surface area contributed by atoms with E-state index in [0.717, 1.165) is 22.4 Å². The van der Waals surface area contributed by atoms with Crippen molar-refractivity contribution in [2.45, 2.75) is 19.4 Å². The van der Waals surface area contributed by atoms with Gasteiger partial charge in [0.1, 0.15) is 5.54 Å². The summed E-state index contributed by atoms with van der Waals surface area (Å²) in [7, 11) is 0. The van der Waals surface area contributed by atoms with Crippen LogP contribution in [0.15, 0.2) is 128 Å². The van der Waals surface area contributed by atoms with Gasteiger partial charge in [-0.1, -0.05) is 98.2 Å². The third kappa shape index (κ3) is 3.31. The van der Waals surface area contributed by atoms with E-state index in [0.29, 0.717) is 5.56 Å². The maximum Gasteiger partial charge on any atom is 0.260 e. The fourth-order valence-electron chi connectivity index (χ4n) is 4.14. The summed E-state index contributed by atoms with van der Waals surface area (Å²) in [5.41, 5.74) is 3.43. The third-order valence-electron chi connectivity index (χ3n) is 5.27. The molecule has 30 heavy (non-hydrogen) atoms. The summed E-state index contributed by atoms with van der Waals surface area (Å²) in [5, 5.41) is 0. The Labute approximate surface area is 179 Å². The second-order valence-electron chi connectivity index (χ2n) is 6.94. The van der Waals surface area contributed by atoms with Crippen molar-refractivity contribution in [3.63, 3.8) is 0 Å². The summed E-state index contributed by atoms with van der Waals surface area (Å²) >= 11 is 0. The largest absolute Gasteiger partial charge is 0.290 e. The molecule has 1 amide bonds. The Morgan fingerprint density at radius 2 is 1.60 bits per heavy atom. The van der Waals surface area contributed by atoms with E-state index in [1.54, 1.807) is 6.08 Å². The minimum absolute atomic E-state index is 0.0375. The summed E-state index contributed by atoms with van der Waals surface area (Å²) in [6.07, 6.45) is 15.6. The molecule has 2 nitrogen and oxygen atoms in total. The zero-order valence-corrected chi connectivity index (χ0v) is 17.6. The number of fused-ring (bicyclic) bond motifs is 1. The van der Waals surface area contributed by atoms with Gasteiger partial charge in [-0.15, -0.1) is 0 Å². The molecule has 2 aromatic rings. The molecule has 2 aromatic carbocycles. The molecule has 0 saturated carbocycles. The highest BCUT2D eigenvalue weighted by molar-refractivity contribution is 6.14. The van der Waals surface area contributed by atoms with Crippen molar-refractivity contribution in [2.75, 3.05) is 4.90 Å². The molecule has 0 saturated heterocycles. The number of allylic oxidation sites excluding steroid dienone is 6. The van der Waals surface area contributed by atoms with Crippen LogP contribution in [0.3, 0.4) is 0 Å². The maximum absolute atomic E-state index is 13.8. The highest BCUT2D eigenvalue weighted by Gasteiger charge is 2.53. The zero-order chi connectivity index (χ0) is 21.6. The number of anilines is 1. The number of carbonyl (C=O) groups is 1. The van der Waals surface area contributed by atoms with Crippen LogP contribution in [0.2, 0.25) is 0 Å². The normalized spacial score (nSPS) is 19.5. The molecule has 3 rings (SSSR count). The summed E-state index contributed by atoms with van der Waals surface area (Å²) in [4.78, 5) is 15.7. The van der Waals surface area contributed by atoms with Gasteiger partial charge in [0.2, 0.25) is 0 Å². The van der Waals surface area contributed by atoms with Crippen molar-refractivity contribution in [3.8, 4) is 0 Å². The number of hydrogen-bond donors (Lipinski definition) is 0. The Morgan fingerprint density at radius 1 is 0.900 bits per heavy atom. The molecule has 150 valence electrons. The molecule has 1 atom stereocenters. The third-order valence-corrected chi connectivity index (χ3v) is 5.27. The van der Waals surface area contributed by atoms with Crippen LogP contribution in [-0.2, 0) is 5.54 Å². The van der Waals surface area contributed by atoms with E-state index in [-0.39, 0.29) is 5.91 Å². The van der Waals surface area contributed by atoms with Crippen LogP contribution in [-0.4, -0.2) is 5.91 Å². The molecule has 0 bridgehead atoms. The van der Waals surface area contributed by atoms with Gasteiger partial charge in [0.15, 0.2) is 0 Å². The van der Waals surface area contributed by atoms with Crippen molar-refractivity contribution in [1.82, 2.24) is 0 Å². The topological polar surface area (TPSA) is 20.3 Å². The van der Waals surface area contributed by atoms with Crippen molar-refractivity contribution < 1.29 is 4.79 Å². The van der Waals surface area contributed by atoms with E-state index in [4.69, 9.17) is 0 Å². The average molecular weight is 394 g/mol. The molecule has 0 spiro atoms. The minimum Gasteiger partial charge on any atom is -0.290 e. The first-order valence-corrected chi connectivity index (χ1v) is 10.1. The Bertz CT molecular complexity index is 1070. The van der Waals surface area contributed by atoms with Gasteiger partial charge in [0.05, 0.1) is 0 Å². The first-order valence-electron chi connectivity index (χ1n) is 10.1. The summed E-state index contributed by atoms with van der Waals surface area (Å²) in [6, 6.07) is 17.6. The molecule has 1 unspecified atom stereocenters. The highest BCUT2D eigenvalue weighted by atomic mass is 16.2. The highest BCUT2D eigenvalue weighted by Crippen LogP contribution is 2.52. The lowest BCUT2D eigenvalue weighted by atomic mass is 9.75. The molecule has 1 aliphatic heterocycles. The van der Waals surface area contributed by atoms with Crippen molar-refractivity contribution in [2.24, 2.45) is 0 Å². The van der Waals surface area contributed by atoms with Crippen molar-refractivity contribution >= 4 is 11.6 Å². The number of hydrogen-bond acceptors (Lipinski definition) is 1. The molecule has 0 fully saturated rings. The Balaban J connectivity index is 2.53. The number of nitrogens with zero attached hydrogens (tertiary/aromatic N) is 1. The predicted molar refractivity (Wildman–Crippen MR) is 128 cm³/mol. The number of amides is 1. The molecule has 0 aromatic heterocycles. The molecule has 1 aliphatic rings. The Morgan fingerprint density at radius 3 is 2.23 bits per heavy atom. The smallest absolute Gasteiger partial charge is 0.260 e. The minimum atomic E-state index is -0.864. The van der Waals surface area contributed by atoms with Crippen LogP contribution in [0.25, 0.3) is 0 Å². The predicted octanol–water partition coefficient (Wildman–Crippen LogP) is 6.92. The van der Waals surface area contributed by atoms with Gasteiger partial charge in [-0.05, 0) is 48.8 Å². The van der Waals surface area contributed by atoms with E-state index in [1.807, 2.05) is 116 Å². The van der Waals surface area contributed by atoms with Gasteiger partial charge in [0, 0.05) is 11.3 Å². The lowest BCUT2D eigenvalue weighted by Gasteiger charge is -2.42. The molecule has 0 N–H and O–H groups in total. The van der Waals surface area contributed by atoms with Gasteiger partial charge in [-0.3, -0.25) is 9.69 Å². The van der Waals surface area contributed by atoms with Gasteiger partial charge >= 0.3 is 0 Å². The summed E-state index contributed by atoms with van der Waals surface area (Å²) < 4.78 is 0. The average Bonchev–Trinajstić information content (AvgIpc) is 3.04. The number of carbonyl (C=O) groups excluding carboxylic acids is 1. The number of rotatable bonds is 7. The SMILES string of the molecule is C=C/C=C(\C=C/C)C1(/C(C=C)=C/C=C\C)c2ccccc2C(=O)N1c1ccccc1. The van der Waals surface area contributed by atoms with E-state index in [2.05, 4.69) is 13.2 Å². The molecular weight excluding hydrogens is 366 g/mol. The lowest BCUT2D eigenvalue weighted by molar-refractivity contribution is 0.0986. The second kappa shape index (κ2) is 9.23. The molecule has 2 heteroatoms. The second-order valence-corrected chi connectivity index (χ2v) is 6.94. The molecule has 0 radical (unpaired) electrons.